The van der Waals surface area contributed by atoms with Crippen LogP contribution >= 0.6 is 0 Å². The molecule has 0 atom stereocenters. The second-order valence-electron chi connectivity index (χ2n) is 3.53. The van der Waals surface area contributed by atoms with Crippen molar-refractivity contribution < 1.29 is 34.8 Å². The summed E-state index contributed by atoms with van der Waals surface area (Å²) >= 11 is 0. The van der Waals surface area contributed by atoms with Crippen molar-refractivity contribution in [3.05, 3.63) is 35.9 Å². The van der Waals surface area contributed by atoms with E-state index in [2.05, 4.69) is 19.1 Å². The van der Waals surface area contributed by atoms with Crippen LogP contribution in [0.2, 0.25) is 0 Å². The lowest BCUT2D eigenvalue weighted by Crippen LogP contribution is -1.78. The maximum atomic E-state index is 9.00. The second kappa shape index (κ2) is 23.7. The number of carboxylic acid groups (broad SMARTS) is 3. The van der Waals surface area contributed by atoms with Crippen LogP contribution < -0.4 is 0 Å². The number of carboxylic acids is 3. The molecule has 0 aliphatic carbocycles. The van der Waals surface area contributed by atoms with E-state index in [0.717, 1.165) is 20.8 Å². The fraction of sp³-hybridized carbons (Fsp3) is 0.400. The maximum Gasteiger partial charge on any atom is 0.300 e. The molecule has 0 aromatic heterocycles. The minimum Gasteiger partial charge on any atom is -0.481 e. The smallest absolute Gasteiger partial charge is 0.300 e. The lowest BCUT2D eigenvalue weighted by molar-refractivity contribution is -0.135. The van der Waals surface area contributed by atoms with Crippen LogP contribution in [0.1, 0.15) is 33.3 Å². The highest BCUT2D eigenvalue weighted by molar-refractivity contribution is 5.63. The molecule has 0 amide bonds. The van der Waals surface area contributed by atoms with Gasteiger partial charge >= 0.3 is 0 Å². The van der Waals surface area contributed by atoms with Gasteiger partial charge in [0, 0.05) is 27.4 Å². The van der Waals surface area contributed by atoms with Gasteiger partial charge in [-0.15, -0.1) is 0 Å². The topological polar surface area (TPSA) is 132 Å². The molecule has 0 saturated carbocycles. The van der Waals surface area contributed by atoms with Gasteiger partial charge in [-0.1, -0.05) is 35.9 Å². The number of rotatable bonds is 0. The van der Waals surface area contributed by atoms with Gasteiger partial charge in [0.15, 0.2) is 0 Å². The standard InChI is InChI=1S/C7H8.3C2H4O2.C2H6O/c1-7-5-3-2-4-6-7;3*1-2(3)4;1-2-3/h2-6H,1H3;3*1H3,(H,3,4);3H,2H2,1H3. The van der Waals surface area contributed by atoms with Crippen LogP contribution in [0.3, 0.4) is 0 Å². The van der Waals surface area contributed by atoms with E-state index in [1.54, 1.807) is 6.92 Å². The molecular weight excluding hydrogens is 292 g/mol. The van der Waals surface area contributed by atoms with E-state index in [1.807, 2.05) is 18.2 Å². The Morgan fingerprint density at radius 2 is 1.00 bits per heavy atom. The van der Waals surface area contributed by atoms with E-state index in [4.69, 9.17) is 34.8 Å². The fourth-order valence-electron chi connectivity index (χ4n) is 0.534. The summed E-state index contributed by atoms with van der Waals surface area (Å²) in [5.74, 6) is -2.50. The first-order chi connectivity index (χ1) is 10.0. The zero-order chi connectivity index (χ0) is 18.6. The van der Waals surface area contributed by atoms with E-state index in [-0.39, 0.29) is 6.61 Å². The predicted octanol–water partition coefficient (Wildman–Crippen LogP) is 2.27. The fourth-order valence-corrected chi connectivity index (χ4v) is 0.534. The molecule has 0 aliphatic heterocycles. The quantitative estimate of drug-likeness (QED) is 0.576. The number of aliphatic hydroxyl groups excluding tert-OH is 1. The van der Waals surface area contributed by atoms with Gasteiger partial charge in [0.25, 0.3) is 17.9 Å². The van der Waals surface area contributed by atoms with Gasteiger partial charge < -0.3 is 20.4 Å². The highest BCUT2D eigenvalue weighted by atomic mass is 16.4. The summed E-state index contributed by atoms with van der Waals surface area (Å²) in [7, 11) is 0. The Labute approximate surface area is 130 Å². The molecule has 0 unspecified atom stereocenters. The van der Waals surface area contributed by atoms with E-state index in [1.165, 1.54) is 5.56 Å². The largest absolute Gasteiger partial charge is 0.481 e. The molecule has 4 N–H and O–H groups in total. The Balaban J connectivity index is -0.0000000965. The lowest BCUT2D eigenvalue weighted by Gasteiger charge is -1.82. The molecule has 22 heavy (non-hydrogen) atoms. The molecule has 7 nitrogen and oxygen atoms in total. The Kier molecular flexibility index (Phi) is 30.0. The summed E-state index contributed by atoms with van der Waals surface area (Å²) in [6.07, 6.45) is 0. The molecule has 128 valence electrons. The summed E-state index contributed by atoms with van der Waals surface area (Å²) in [5.41, 5.74) is 1.32. The first-order valence-electron chi connectivity index (χ1n) is 6.22. The Morgan fingerprint density at radius 1 is 0.818 bits per heavy atom. The number of aliphatic carboxylic acids is 3. The van der Waals surface area contributed by atoms with Crippen molar-refractivity contribution in [3.63, 3.8) is 0 Å². The maximum absolute atomic E-state index is 9.00. The van der Waals surface area contributed by atoms with Gasteiger partial charge in [-0.3, -0.25) is 14.4 Å². The zero-order valence-corrected chi connectivity index (χ0v) is 13.6. The van der Waals surface area contributed by atoms with Crippen LogP contribution in [0.15, 0.2) is 30.3 Å². The van der Waals surface area contributed by atoms with Gasteiger partial charge in [-0.05, 0) is 13.8 Å². The monoisotopic (exact) mass is 318 g/mol. The number of aryl methyl sites for hydroxylation is 1. The molecule has 0 bridgehead atoms. The Hall–Kier alpha value is -2.41. The third-order valence-electron chi connectivity index (χ3n) is 0.940. The molecule has 0 spiro atoms. The lowest BCUT2D eigenvalue weighted by atomic mass is 10.2. The van der Waals surface area contributed by atoms with Crippen LogP contribution in [-0.2, 0) is 14.4 Å². The first-order valence-corrected chi connectivity index (χ1v) is 6.22. The number of hydrogen-bond donors (Lipinski definition) is 4. The summed E-state index contributed by atoms with van der Waals surface area (Å²) < 4.78 is 0. The van der Waals surface area contributed by atoms with Crippen LogP contribution in [0.4, 0.5) is 0 Å². The summed E-state index contributed by atoms with van der Waals surface area (Å²) in [6, 6.07) is 10.3. The average Bonchev–Trinajstić information content (AvgIpc) is 2.28. The average molecular weight is 318 g/mol. The summed E-state index contributed by atoms with van der Waals surface area (Å²) in [4.78, 5) is 27.0. The van der Waals surface area contributed by atoms with Crippen molar-refractivity contribution in [1.29, 1.82) is 0 Å². The van der Waals surface area contributed by atoms with Crippen molar-refractivity contribution >= 4 is 17.9 Å². The minimum atomic E-state index is -0.833. The zero-order valence-electron chi connectivity index (χ0n) is 13.6. The number of hydrogen-bond acceptors (Lipinski definition) is 4. The van der Waals surface area contributed by atoms with E-state index >= 15 is 0 Å². The molecule has 0 aliphatic rings. The molecule has 1 aromatic carbocycles. The summed E-state index contributed by atoms with van der Waals surface area (Å²) in [6.45, 7) is 7.26. The number of carbonyl (C=O) groups is 3. The van der Waals surface area contributed by atoms with Gasteiger partial charge in [0.2, 0.25) is 0 Å². The van der Waals surface area contributed by atoms with E-state index in [0.29, 0.717) is 0 Å². The molecule has 0 heterocycles. The Morgan fingerprint density at radius 3 is 1.09 bits per heavy atom. The van der Waals surface area contributed by atoms with Crippen molar-refractivity contribution in [2.24, 2.45) is 0 Å². The van der Waals surface area contributed by atoms with E-state index < -0.39 is 17.9 Å². The van der Waals surface area contributed by atoms with Crippen molar-refractivity contribution in [3.8, 4) is 0 Å². The normalized spacial score (nSPS) is 7.00. The number of aliphatic hydroxyl groups is 1. The van der Waals surface area contributed by atoms with Gasteiger partial charge in [0.1, 0.15) is 0 Å². The van der Waals surface area contributed by atoms with Crippen molar-refractivity contribution in [2.45, 2.75) is 34.6 Å². The molecule has 0 fully saturated rings. The van der Waals surface area contributed by atoms with Crippen LogP contribution in [0, 0.1) is 6.92 Å². The van der Waals surface area contributed by atoms with Crippen LogP contribution in [0.5, 0.6) is 0 Å². The van der Waals surface area contributed by atoms with Crippen molar-refractivity contribution in [1.82, 2.24) is 0 Å². The third-order valence-corrected chi connectivity index (χ3v) is 0.940. The molecule has 0 radical (unpaired) electrons. The first kappa shape index (κ1) is 27.9. The highest BCUT2D eigenvalue weighted by Gasteiger charge is 1.72. The van der Waals surface area contributed by atoms with E-state index in [9.17, 15) is 0 Å². The summed E-state index contributed by atoms with van der Waals surface area (Å²) in [5, 5.41) is 29.8. The number of benzene rings is 1. The molecule has 1 rings (SSSR count). The highest BCUT2D eigenvalue weighted by Crippen LogP contribution is 1.92. The van der Waals surface area contributed by atoms with Gasteiger partial charge in [-0.2, -0.15) is 0 Å². The van der Waals surface area contributed by atoms with Crippen LogP contribution in [0.25, 0.3) is 0 Å². The van der Waals surface area contributed by atoms with Crippen molar-refractivity contribution in [2.75, 3.05) is 6.61 Å². The van der Waals surface area contributed by atoms with Gasteiger partial charge in [-0.25, -0.2) is 0 Å². The molecule has 1 aromatic rings. The predicted molar refractivity (Wildman–Crippen MR) is 83.9 cm³/mol. The molecular formula is C15H26O7. The minimum absolute atomic E-state index is 0.250. The second-order valence-corrected chi connectivity index (χ2v) is 3.53. The third kappa shape index (κ3) is 155. The van der Waals surface area contributed by atoms with Crippen LogP contribution in [-0.4, -0.2) is 44.9 Å². The van der Waals surface area contributed by atoms with Gasteiger partial charge in [0.05, 0.1) is 0 Å². The molecule has 7 heteroatoms. The molecule has 0 saturated heterocycles. The SMILES string of the molecule is CC(=O)O.CC(=O)O.CC(=O)O.CCO.Cc1ccccc1. The Bertz CT molecular complexity index is 334.